The molecule has 4 atom stereocenters. The number of carbonyl (C=O) groups excluding carboxylic acids is 4. The number of fused-ring (bicyclic) bond motifs is 4. The number of halogens is 8. The molecule has 4 fully saturated rings. The predicted molar refractivity (Wildman–Crippen MR) is 564 cm³/mol. The minimum atomic E-state index is -0.603. The number of rotatable bonds is 24. The fourth-order valence-corrected chi connectivity index (χ4v) is 20.6. The van der Waals surface area contributed by atoms with Crippen molar-refractivity contribution in [1.82, 2.24) is 58.7 Å². The maximum absolute atomic E-state index is 13.7. The van der Waals surface area contributed by atoms with Crippen LogP contribution in [-0.4, -0.2) is 135 Å². The van der Waals surface area contributed by atoms with Crippen LogP contribution in [0.2, 0.25) is 0 Å². The van der Waals surface area contributed by atoms with Gasteiger partial charge in [-0.2, -0.15) is 20.4 Å². The molecule has 1 N–H and O–H groups in total. The van der Waals surface area contributed by atoms with E-state index < -0.39 is 24.9 Å². The minimum Gasteiger partial charge on any atom is -0.462 e. The Morgan fingerprint density at radius 1 is 0.342 bits per heavy atom. The summed E-state index contributed by atoms with van der Waals surface area (Å²) < 4.78 is 95.3. The topological polar surface area (TPSA) is 211 Å². The van der Waals surface area contributed by atoms with Crippen molar-refractivity contribution in [2.24, 2.45) is 0 Å². The Bertz CT molecular complexity index is 7440. The SMILES string of the molecule is C=C1Cc2cc(CCN3C(=O)COC3c3cn(-c4ccc(Br)cc4)nc3-c3ccc(F)cc3)ccc2N1.C=C1Cc2cc(CCN3C(=O)COC3c3cn(-c4ccc(Br)cc4)nc3-c3ccc(F)cc3)ccc2O1.O=C1COC(c2cn(-c3ccc(Br)cc3)nc2-c2ccc(F)cc2)N1CCc1ccc2c(c1)C=CC2.O=C1COC(c2cn(-c3ccc(Br)cc3)nc2-c2ccc(F)cc2)N1CCc1ccc2c(c1)CCC2. The highest BCUT2D eigenvalue weighted by molar-refractivity contribution is 9.11. The Hall–Kier alpha value is -14.3. The molecule has 24 rings (SSSR count). The van der Waals surface area contributed by atoms with Gasteiger partial charge in [0.1, 0.15) is 84.0 Å². The molecule has 8 aliphatic rings. The number of amides is 4. The van der Waals surface area contributed by atoms with Gasteiger partial charge in [0.15, 0.2) is 24.9 Å². The molecule has 0 bridgehead atoms. The standard InChI is InChI=1S/C29H24BrFN4O2.C29H23BrFN3O3.C29H25BrFN3O2.C29H23BrFN3O2/c1-18-14-21-15-19(2-11-26(21)32-18)12-13-34-27(36)17-37-29(34)25-16-35(24-9-5-22(30)6-10-24)33-28(25)20-3-7-23(31)8-4-20;1-18-14-21-15-19(2-11-26(21)37-18)12-13-33-27(35)17-36-29(33)25-16-34(24-9-5-22(30)6-10-24)32-28(25)20-3-7-23(31)8-4-20;2*30-23-8-12-25(13-9-23)34-17-26(28(32-34)21-6-10-24(31)11-7-21)29-33(27(35)18-36-29)15-14-19-4-5-20-2-1-3-22(20)16-19/h2-11,15-16,29,32H,1,12-14,17H2;2-11,15-16,29H,1,12-14,17H2;4-13,16-17,29H,1-3,14-15,18H2;1,3-13,16-17,29H,2,14-15,18H2. The molecule has 16 aromatic rings. The predicted octanol–water partition coefficient (Wildman–Crippen LogP) is 24.2. The van der Waals surface area contributed by atoms with Crippen molar-refractivity contribution < 1.29 is 60.4 Å². The van der Waals surface area contributed by atoms with E-state index in [0.717, 1.165) is 163 Å². The molecule has 6 aliphatic heterocycles. The number of ether oxygens (including phenoxy) is 5. The minimum absolute atomic E-state index is 0.00488. The van der Waals surface area contributed by atoms with Crippen molar-refractivity contribution in [1.29, 1.82) is 0 Å². The van der Waals surface area contributed by atoms with Crippen LogP contribution >= 0.6 is 63.7 Å². The number of aromatic nitrogens is 8. The summed E-state index contributed by atoms with van der Waals surface area (Å²) in [7, 11) is 0. The Labute approximate surface area is 873 Å². The lowest BCUT2D eigenvalue weighted by Gasteiger charge is -2.23. The molecule has 4 saturated heterocycles. The van der Waals surface area contributed by atoms with E-state index in [9.17, 15) is 36.7 Å². The van der Waals surface area contributed by atoms with Gasteiger partial charge in [-0.05, 0) is 308 Å². The lowest BCUT2D eigenvalue weighted by molar-refractivity contribution is -0.128. The largest absolute Gasteiger partial charge is 0.462 e. The van der Waals surface area contributed by atoms with Crippen molar-refractivity contribution in [2.75, 3.05) is 57.9 Å². The third-order valence-electron chi connectivity index (χ3n) is 27.0. The average molecular weight is 2210 g/mol. The van der Waals surface area contributed by atoms with Crippen LogP contribution in [0.4, 0.5) is 23.2 Å². The summed E-state index contributed by atoms with van der Waals surface area (Å²) in [5.74, 6) is 0.0799. The summed E-state index contributed by atoms with van der Waals surface area (Å²) in [6.45, 7) is 10.0. The molecule has 4 aromatic heterocycles. The fraction of sp³-hybridized carbons (Fsp3) is 0.190. The number of anilines is 1. The summed E-state index contributed by atoms with van der Waals surface area (Å²) >= 11 is 13.9. The van der Waals surface area contributed by atoms with Gasteiger partial charge in [0.2, 0.25) is 0 Å². The van der Waals surface area contributed by atoms with Crippen LogP contribution in [0.3, 0.4) is 0 Å². The van der Waals surface area contributed by atoms with Gasteiger partial charge in [-0.3, -0.25) is 19.2 Å². The third-order valence-corrected chi connectivity index (χ3v) is 29.1. The van der Waals surface area contributed by atoms with Crippen LogP contribution in [-0.2, 0) is 95.9 Å². The number of hydrogen-bond donors (Lipinski definition) is 1. The molecule has 4 amide bonds. The number of nitrogens with zero attached hydrogens (tertiary/aromatic N) is 12. The molecular weight excluding hydrogens is 2110 g/mol. The molecular formula is C116H95Br4F4N13O9. The Morgan fingerprint density at radius 3 is 1.02 bits per heavy atom. The van der Waals surface area contributed by atoms with Crippen molar-refractivity contribution in [3.8, 4) is 73.5 Å². The zero-order valence-electron chi connectivity index (χ0n) is 78.9. The van der Waals surface area contributed by atoms with Crippen LogP contribution in [0.1, 0.15) is 109 Å². The summed E-state index contributed by atoms with van der Waals surface area (Å²) in [6, 6.07) is 81.7. The second kappa shape index (κ2) is 43.1. The van der Waals surface area contributed by atoms with E-state index in [1.165, 1.54) is 93.9 Å². The van der Waals surface area contributed by atoms with E-state index in [1.54, 1.807) is 86.9 Å². The highest BCUT2D eigenvalue weighted by Crippen LogP contribution is 2.44. The normalized spacial score (nSPS) is 16.8. The van der Waals surface area contributed by atoms with Gasteiger partial charge >= 0.3 is 0 Å². The van der Waals surface area contributed by atoms with Crippen molar-refractivity contribution in [2.45, 2.75) is 89.1 Å². The Balaban J connectivity index is 0.000000114. The maximum Gasteiger partial charge on any atom is 0.250 e. The third kappa shape index (κ3) is 21.8. The van der Waals surface area contributed by atoms with E-state index in [0.29, 0.717) is 68.2 Å². The smallest absolute Gasteiger partial charge is 0.250 e. The quantitative estimate of drug-likeness (QED) is 0.0558. The van der Waals surface area contributed by atoms with Gasteiger partial charge in [0, 0.05) is 143 Å². The number of aryl methyl sites for hydroxylation is 2. The summed E-state index contributed by atoms with van der Waals surface area (Å²) in [6.07, 6.45) is 18.4. The lowest BCUT2D eigenvalue weighted by atomic mass is 10.0. The monoisotopic (exact) mass is 2210 g/mol. The van der Waals surface area contributed by atoms with Gasteiger partial charge in [0.05, 0.1) is 22.7 Å². The van der Waals surface area contributed by atoms with E-state index in [4.69, 9.17) is 44.1 Å². The fourth-order valence-electron chi connectivity index (χ4n) is 19.5. The first-order chi connectivity index (χ1) is 71.0. The Kier molecular flexibility index (Phi) is 28.9. The van der Waals surface area contributed by atoms with Crippen LogP contribution in [0.15, 0.2) is 340 Å². The van der Waals surface area contributed by atoms with Crippen molar-refractivity contribution >= 4 is 99.1 Å². The van der Waals surface area contributed by atoms with Crippen LogP contribution in [0.5, 0.6) is 5.75 Å². The zero-order chi connectivity index (χ0) is 100. The molecule has 0 saturated carbocycles. The summed E-state index contributed by atoms with van der Waals surface area (Å²) in [5, 5.41) is 22.6. The molecule has 734 valence electrons. The van der Waals surface area contributed by atoms with Gasteiger partial charge in [-0.15, -0.1) is 0 Å². The second-order valence-corrected chi connectivity index (χ2v) is 40.4. The van der Waals surface area contributed by atoms with E-state index in [1.807, 2.05) is 134 Å². The van der Waals surface area contributed by atoms with Crippen molar-refractivity contribution in [3.05, 3.63) is 441 Å². The summed E-state index contributed by atoms with van der Waals surface area (Å²) in [4.78, 5) is 58.7. The summed E-state index contributed by atoms with van der Waals surface area (Å²) in [5.41, 5.74) is 26.7. The van der Waals surface area contributed by atoms with E-state index >= 15 is 0 Å². The zero-order valence-corrected chi connectivity index (χ0v) is 85.2. The number of allylic oxidation sites excluding steroid dienone is 3. The van der Waals surface area contributed by atoms with Gasteiger partial charge < -0.3 is 48.6 Å². The highest BCUT2D eigenvalue weighted by atomic mass is 79.9. The first-order valence-electron chi connectivity index (χ1n) is 48.0. The molecule has 12 aromatic carbocycles. The molecule has 0 spiro atoms. The number of nitrogens with one attached hydrogen (secondary N) is 1. The van der Waals surface area contributed by atoms with Crippen LogP contribution in [0.25, 0.3) is 73.9 Å². The second-order valence-electron chi connectivity index (χ2n) is 36.7. The molecule has 10 heterocycles. The molecule has 4 unspecified atom stereocenters. The van der Waals surface area contributed by atoms with Crippen LogP contribution in [0, 0.1) is 23.3 Å². The Morgan fingerprint density at radius 2 is 0.658 bits per heavy atom. The number of hydrogen-bond acceptors (Lipinski definition) is 14. The maximum atomic E-state index is 13.7. The molecule has 22 nitrogen and oxygen atoms in total. The van der Waals surface area contributed by atoms with E-state index in [2.05, 4.69) is 155 Å². The number of benzene rings is 12. The average Bonchev–Trinajstić information content (AvgIpc) is 1.63. The van der Waals surface area contributed by atoms with Crippen LogP contribution < -0.4 is 10.1 Å². The van der Waals surface area contributed by atoms with E-state index in [-0.39, 0.29) is 73.3 Å². The molecule has 2 aliphatic carbocycles. The first kappa shape index (κ1) is 97.7. The molecule has 0 radical (unpaired) electrons. The first-order valence-corrected chi connectivity index (χ1v) is 51.2. The molecule has 146 heavy (non-hydrogen) atoms. The van der Waals surface area contributed by atoms with Gasteiger partial charge in [-0.25, -0.2) is 36.3 Å². The van der Waals surface area contributed by atoms with Crippen molar-refractivity contribution in [3.63, 3.8) is 0 Å². The van der Waals surface area contributed by atoms with Gasteiger partial charge in [-0.1, -0.05) is 150 Å². The lowest BCUT2D eigenvalue weighted by Crippen LogP contribution is -2.30. The van der Waals surface area contributed by atoms with Gasteiger partial charge in [0.25, 0.3) is 23.6 Å². The number of carbonyl (C=O) groups is 4. The molecule has 30 heteroatoms. The highest BCUT2D eigenvalue weighted by Gasteiger charge is 2.42.